The summed E-state index contributed by atoms with van der Waals surface area (Å²) in [5, 5.41) is 5.53. The van der Waals surface area contributed by atoms with E-state index in [4.69, 9.17) is 5.73 Å². The molecule has 4 N–H and O–H groups in total. The number of benzene rings is 1. The van der Waals surface area contributed by atoms with E-state index in [1.807, 2.05) is 49.4 Å². The molecule has 0 aliphatic carbocycles. The van der Waals surface area contributed by atoms with Gasteiger partial charge in [-0.1, -0.05) is 18.2 Å². The van der Waals surface area contributed by atoms with Crippen LogP contribution in [0.1, 0.15) is 24.2 Å². The zero-order valence-corrected chi connectivity index (χ0v) is 11.3. The molecule has 0 spiro atoms. The lowest BCUT2D eigenvalue weighted by Crippen LogP contribution is -2.28. The summed E-state index contributed by atoms with van der Waals surface area (Å²) in [4.78, 5) is 15.9. The zero-order chi connectivity index (χ0) is 14.4. The van der Waals surface area contributed by atoms with Gasteiger partial charge in [0.25, 0.3) is 0 Å². The van der Waals surface area contributed by atoms with Gasteiger partial charge in [-0.25, -0.2) is 4.79 Å². The first-order valence-electron chi connectivity index (χ1n) is 6.45. The average Bonchev–Trinajstić information content (AvgIpc) is 2.46. The number of aromatic nitrogens is 1. The Morgan fingerprint density at radius 1 is 1.30 bits per heavy atom. The van der Waals surface area contributed by atoms with Crippen LogP contribution in [0.5, 0.6) is 0 Å². The molecule has 0 aliphatic rings. The number of rotatable bonds is 4. The predicted octanol–water partition coefficient (Wildman–Crippen LogP) is 2.42. The summed E-state index contributed by atoms with van der Waals surface area (Å²) in [5.41, 5.74) is 8.32. The van der Waals surface area contributed by atoms with Crippen molar-refractivity contribution in [1.29, 1.82) is 0 Å². The van der Waals surface area contributed by atoms with Crippen LogP contribution in [0.2, 0.25) is 0 Å². The molecule has 20 heavy (non-hydrogen) atoms. The number of hydrogen-bond donors (Lipinski definition) is 3. The maximum atomic E-state index is 11.8. The molecule has 104 valence electrons. The molecule has 1 atom stereocenters. The van der Waals surface area contributed by atoms with Crippen LogP contribution >= 0.6 is 0 Å². The van der Waals surface area contributed by atoms with Gasteiger partial charge in [0.15, 0.2) is 0 Å². The third-order valence-corrected chi connectivity index (χ3v) is 2.83. The van der Waals surface area contributed by atoms with Gasteiger partial charge in [0.05, 0.1) is 12.2 Å². The summed E-state index contributed by atoms with van der Waals surface area (Å²) < 4.78 is 0. The molecule has 1 unspecified atom stereocenters. The Kier molecular flexibility index (Phi) is 4.68. The number of pyridine rings is 1. The van der Waals surface area contributed by atoms with Gasteiger partial charge < -0.3 is 16.4 Å². The Balaban J connectivity index is 1.90. The Bertz CT molecular complexity index is 569. The molecule has 0 saturated carbocycles. The van der Waals surface area contributed by atoms with E-state index in [0.29, 0.717) is 6.54 Å². The number of hydrogen-bond acceptors (Lipinski definition) is 3. The van der Waals surface area contributed by atoms with Crippen molar-refractivity contribution >= 4 is 11.7 Å². The van der Waals surface area contributed by atoms with E-state index in [-0.39, 0.29) is 12.1 Å². The molecule has 2 aromatic rings. The second kappa shape index (κ2) is 6.68. The molecule has 5 heteroatoms. The average molecular weight is 270 g/mol. The molecule has 0 bridgehead atoms. The maximum Gasteiger partial charge on any atom is 0.319 e. The van der Waals surface area contributed by atoms with Gasteiger partial charge in [-0.05, 0) is 36.8 Å². The predicted molar refractivity (Wildman–Crippen MR) is 79.1 cm³/mol. The quantitative estimate of drug-likeness (QED) is 0.798. The molecule has 1 heterocycles. The zero-order valence-electron chi connectivity index (χ0n) is 11.3. The second-order valence-corrected chi connectivity index (χ2v) is 4.54. The van der Waals surface area contributed by atoms with Gasteiger partial charge in [-0.15, -0.1) is 0 Å². The summed E-state index contributed by atoms with van der Waals surface area (Å²) in [7, 11) is 0. The molecule has 1 aromatic heterocycles. The first kappa shape index (κ1) is 14.0. The normalized spacial score (nSPS) is 11.7. The minimum absolute atomic E-state index is 0.0617. The number of nitrogens with one attached hydrogen (secondary N) is 2. The first-order valence-corrected chi connectivity index (χ1v) is 6.45. The van der Waals surface area contributed by atoms with Gasteiger partial charge in [-0.3, -0.25) is 4.98 Å². The van der Waals surface area contributed by atoms with Crippen LogP contribution in [-0.4, -0.2) is 11.0 Å². The molecule has 0 radical (unpaired) electrons. The molecule has 2 rings (SSSR count). The maximum absolute atomic E-state index is 11.8. The standard InChI is InChI=1S/C15H18N4O/c1-11(16)12-5-4-7-13(9-12)19-15(20)18-10-14-6-2-3-8-17-14/h2-9,11H,10,16H2,1H3,(H2,18,19,20). The lowest BCUT2D eigenvalue weighted by atomic mass is 10.1. The van der Waals surface area contributed by atoms with Crippen molar-refractivity contribution in [3.63, 3.8) is 0 Å². The van der Waals surface area contributed by atoms with Crippen LogP contribution in [0.3, 0.4) is 0 Å². The van der Waals surface area contributed by atoms with Crippen LogP contribution in [0.4, 0.5) is 10.5 Å². The van der Waals surface area contributed by atoms with Crippen LogP contribution < -0.4 is 16.4 Å². The van der Waals surface area contributed by atoms with Gasteiger partial charge in [0.2, 0.25) is 0 Å². The third kappa shape index (κ3) is 4.07. The Morgan fingerprint density at radius 3 is 2.85 bits per heavy atom. The Labute approximate surface area is 118 Å². The Hall–Kier alpha value is -2.40. The van der Waals surface area contributed by atoms with E-state index in [1.165, 1.54) is 0 Å². The summed E-state index contributed by atoms with van der Waals surface area (Å²) in [6.07, 6.45) is 1.70. The number of nitrogens with zero attached hydrogens (tertiary/aromatic N) is 1. The van der Waals surface area contributed by atoms with E-state index in [0.717, 1.165) is 16.9 Å². The lowest BCUT2D eigenvalue weighted by Gasteiger charge is -2.10. The van der Waals surface area contributed by atoms with Gasteiger partial charge >= 0.3 is 6.03 Å². The van der Waals surface area contributed by atoms with Crippen molar-refractivity contribution in [2.45, 2.75) is 19.5 Å². The smallest absolute Gasteiger partial charge is 0.319 e. The van der Waals surface area contributed by atoms with E-state index in [1.54, 1.807) is 6.20 Å². The summed E-state index contributed by atoms with van der Waals surface area (Å²) >= 11 is 0. The number of urea groups is 1. The number of carbonyl (C=O) groups is 1. The van der Waals surface area contributed by atoms with E-state index in [2.05, 4.69) is 15.6 Å². The fraction of sp³-hybridized carbons (Fsp3) is 0.200. The largest absolute Gasteiger partial charge is 0.332 e. The summed E-state index contributed by atoms with van der Waals surface area (Å²) in [6, 6.07) is 12.7. The van der Waals surface area contributed by atoms with Crippen molar-refractivity contribution < 1.29 is 4.79 Å². The van der Waals surface area contributed by atoms with Crippen molar-refractivity contribution in [3.8, 4) is 0 Å². The van der Waals surface area contributed by atoms with Crippen LogP contribution in [0.15, 0.2) is 48.7 Å². The first-order chi connectivity index (χ1) is 9.65. The van der Waals surface area contributed by atoms with Crippen molar-refractivity contribution in [3.05, 3.63) is 59.9 Å². The van der Waals surface area contributed by atoms with E-state index < -0.39 is 0 Å². The highest BCUT2D eigenvalue weighted by Crippen LogP contribution is 2.15. The van der Waals surface area contributed by atoms with Crippen LogP contribution in [0, 0.1) is 0 Å². The number of amides is 2. The fourth-order valence-corrected chi connectivity index (χ4v) is 1.75. The highest BCUT2D eigenvalue weighted by molar-refractivity contribution is 5.89. The molecule has 2 amide bonds. The molecular formula is C15H18N4O. The SMILES string of the molecule is CC(N)c1cccc(NC(=O)NCc2ccccn2)c1. The molecule has 0 fully saturated rings. The third-order valence-electron chi connectivity index (χ3n) is 2.83. The minimum atomic E-state index is -0.266. The number of nitrogens with two attached hydrogens (primary N) is 1. The fourth-order valence-electron chi connectivity index (χ4n) is 1.75. The minimum Gasteiger partial charge on any atom is -0.332 e. The molecule has 1 aromatic carbocycles. The van der Waals surface area contributed by atoms with Crippen molar-refractivity contribution in [2.24, 2.45) is 5.73 Å². The highest BCUT2D eigenvalue weighted by atomic mass is 16.2. The molecule has 0 aliphatic heterocycles. The highest BCUT2D eigenvalue weighted by Gasteiger charge is 2.04. The van der Waals surface area contributed by atoms with Crippen LogP contribution in [0.25, 0.3) is 0 Å². The van der Waals surface area contributed by atoms with Crippen molar-refractivity contribution in [1.82, 2.24) is 10.3 Å². The second-order valence-electron chi connectivity index (χ2n) is 4.54. The number of carbonyl (C=O) groups excluding carboxylic acids is 1. The van der Waals surface area contributed by atoms with E-state index in [9.17, 15) is 4.79 Å². The molecule has 0 saturated heterocycles. The van der Waals surface area contributed by atoms with E-state index >= 15 is 0 Å². The number of anilines is 1. The van der Waals surface area contributed by atoms with Crippen molar-refractivity contribution in [2.75, 3.05) is 5.32 Å². The summed E-state index contributed by atoms with van der Waals surface area (Å²) in [5.74, 6) is 0. The van der Waals surface area contributed by atoms with Gasteiger partial charge in [0, 0.05) is 17.9 Å². The van der Waals surface area contributed by atoms with Gasteiger partial charge in [0.1, 0.15) is 0 Å². The summed E-state index contributed by atoms with van der Waals surface area (Å²) in [6.45, 7) is 2.29. The van der Waals surface area contributed by atoms with Gasteiger partial charge in [-0.2, -0.15) is 0 Å². The molecule has 5 nitrogen and oxygen atoms in total. The lowest BCUT2D eigenvalue weighted by molar-refractivity contribution is 0.251. The van der Waals surface area contributed by atoms with Crippen LogP contribution in [-0.2, 0) is 6.54 Å². The monoisotopic (exact) mass is 270 g/mol. The molecular weight excluding hydrogens is 252 g/mol. The topological polar surface area (TPSA) is 80.0 Å². The Morgan fingerprint density at radius 2 is 2.15 bits per heavy atom.